The molecule has 122 valence electrons. The van der Waals surface area contributed by atoms with E-state index in [4.69, 9.17) is 4.74 Å². The average molecular weight is 304 g/mol. The first-order valence-electron chi connectivity index (χ1n) is 8.15. The van der Waals surface area contributed by atoms with E-state index in [2.05, 4.69) is 40.5 Å². The van der Waals surface area contributed by atoms with Crippen LogP contribution in [-0.2, 0) is 11.3 Å². The molecule has 0 bridgehead atoms. The van der Waals surface area contributed by atoms with Crippen molar-refractivity contribution in [2.24, 2.45) is 5.92 Å². The summed E-state index contributed by atoms with van der Waals surface area (Å²) in [5, 5.41) is 2.85. The van der Waals surface area contributed by atoms with Gasteiger partial charge in [0.2, 0.25) is 0 Å². The predicted molar refractivity (Wildman–Crippen MR) is 88.7 cm³/mol. The van der Waals surface area contributed by atoms with E-state index in [0.29, 0.717) is 12.5 Å². The van der Waals surface area contributed by atoms with Crippen LogP contribution in [0.25, 0.3) is 0 Å². The average Bonchev–Trinajstić information content (AvgIpc) is 2.85. The predicted octanol–water partition coefficient (Wildman–Crippen LogP) is 3.42. The van der Waals surface area contributed by atoms with Gasteiger partial charge in [-0.15, -0.1) is 0 Å². The first-order valence-corrected chi connectivity index (χ1v) is 8.15. The third kappa shape index (κ3) is 6.06. The Balaban J connectivity index is 1.63. The number of carbonyl (C=O) groups excluding carboxylic acids is 1. The topological polar surface area (TPSA) is 41.6 Å². The van der Waals surface area contributed by atoms with Gasteiger partial charge in [-0.25, -0.2) is 4.79 Å². The SMILES string of the molecule is CC(C)(C)OC(=O)NCC[C@H]1CCN(Cc2ccccc2)C1. The van der Waals surface area contributed by atoms with Gasteiger partial charge < -0.3 is 10.1 Å². The Kier molecular flexibility index (Phi) is 5.83. The highest BCUT2D eigenvalue weighted by atomic mass is 16.6. The molecule has 0 aromatic heterocycles. The molecule has 1 aliphatic rings. The van der Waals surface area contributed by atoms with Crippen molar-refractivity contribution >= 4 is 6.09 Å². The lowest BCUT2D eigenvalue weighted by Crippen LogP contribution is -2.33. The number of carbonyl (C=O) groups is 1. The van der Waals surface area contributed by atoms with Gasteiger partial charge in [-0.05, 0) is 51.6 Å². The van der Waals surface area contributed by atoms with Crippen LogP contribution in [0.4, 0.5) is 4.79 Å². The Labute approximate surface area is 133 Å². The van der Waals surface area contributed by atoms with E-state index < -0.39 is 5.60 Å². The molecule has 0 unspecified atom stereocenters. The fraction of sp³-hybridized carbons (Fsp3) is 0.611. The van der Waals surface area contributed by atoms with Gasteiger partial charge in [0.15, 0.2) is 0 Å². The molecule has 4 nitrogen and oxygen atoms in total. The summed E-state index contributed by atoms with van der Waals surface area (Å²) in [5.74, 6) is 0.665. The van der Waals surface area contributed by atoms with E-state index in [0.717, 1.165) is 26.1 Å². The van der Waals surface area contributed by atoms with Crippen LogP contribution in [0.2, 0.25) is 0 Å². The number of rotatable bonds is 5. The molecule has 0 aliphatic carbocycles. The number of alkyl carbamates (subject to hydrolysis) is 1. The summed E-state index contributed by atoms with van der Waals surface area (Å²) in [4.78, 5) is 14.1. The number of nitrogens with zero attached hydrogens (tertiary/aromatic N) is 1. The van der Waals surface area contributed by atoms with Gasteiger partial charge in [-0.2, -0.15) is 0 Å². The Morgan fingerprint density at radius 1 is 1.32 bits per heavy atom. The third-order valence-electron chi connectivity index (χ3n) is 3.84. The van der Waals surface area contributed by atoms with Crippen molar-refractivity contribution in [1.82, 2.24) is 10.2 Å². The molecule has 2 rings (SSSR count). The first kappa shape index (κ1) is 16.8. The lowest BCUT2D eigenvalue weighted by molar-refractivity contribution is 0.0525. The number of benzene rings is 1. The fourth-order valence-electron chi connectivity index (χ4n) is 2.83. The minimum Gasteiger partial charge on any atom is -0.444 e. The van der Waals surface area contributed by atoms with Crippen LogP contribution in [0, 0.1) is 5.92 Å². The normalized spacial score (nSPS) is 19.1. The van der Waals surface area contributed by atoms with Gasteiger partial charge in [0.25, 0.3) is 0 Å². The Morgan fingerprint density at radius 2 is 2.05 bits per heavy atom. The number of hydrogen-bond acceptors (Lipinski definition) is 3. The highest BCUT2D eigenvalue weighted by molar-refractivity contribution is 5.67. The molecule has 1 atom stereocenters. The second kappa shape index (κ2) is 7.63. The molecule has 1 aromatic rings. The van der Waals surface area contributed by atoms with Gasteiger partial charge in [-0.1, -0.05) is 30.3 Å². The molecule has 0 saturated carbocycles. The number of hydrogen-bond donors (Lipinski definition) is 1. The number of ether oxygens (including phenoxy) is 1. The van der Waals surface area contributed by atoms with Crippen molar-refractivity contribution in [3.05, 3.63) is 35.9 Å². The zero-order valence-corrected chi connectivity index (χ0v) is 14.0. The number of amides is 1. The van der Waals surface area contributed by atoms with Crippen LogP contribution in [0.15, 0.2) is 30.3 Å². The van der Waals surface area contributed by atoms with Crippen molar-refractivity contribution in [2.75, 3.05) is 19.6 Å². The second-order valence-corrected chi connectivity index (χ2v) is 7.09. The molecule has 1 fully saturated rings. The highest BCUT2D eigenvalue weighted by Crippen LogP contribution is 2.21. The van der Waals surface area contributed by atoms with Crippen molar-refractivity contribution in [3.8, 4) is 0 Å². The second-order valence-electron chi connectivity index (χ2n) is 7.09. The standard InChI is InChI=1S/C18H28N2O2/c1-18(2,3)22-17(21)19-11-9-16-10-12-20(14-16)13-15-7-5-4-6-8-15/h4-8,16H,9-14H2,1-3H3,(H,19,21)/t16-/m0/s1. The Hall–Kier alpha value is -1.55. The first-order chi connectivity index (χ1) is 10.4. The summed E-state index contributed by atoms with van der Waals surface area (Å²) >= 11 is 0. The van der Waals surface area contributed by atoms with E-state index in [-0.39, 0.29) is 6.09 Å². The summed E-state index contributed by atoms with van der Waals surface area (Å²) < 4.78 is 5.24. The van der Waals surface area contributed by atoms with Crippen molar-refractivity contribution in [1.29, 1.82) is 0 Å². The smallest absolute Gasteiger partial charge is 0.407 e. The highest BCUT2D eigenvalue weighted by Gasteiger charge is 2.22. The summed E-state index contributed by atoms with van der Waals surface area (Å²) in [6.45, 7) is 9.62. The molecule has 0 radical (unpaired) electrons. The molecule has 0 spiro atoms. The lowest BCUT2D eigenvalue weighted by atomic mass is 10.1. The number of nitrogens with one attached hydrogen (secondary N) is 1. The van der Waals surface area contributed by atoms with E-state index >= 15 is 0 Å². The molecule has 1 saturated heterocycles. The van der Waals surface area contributed by atoms with Crippen molar-refractivity contribution in [3.63, 3.8) is 0 Å². The summed E-state index contributed by atoms with van der Waals surface area (Å²) in [6.07, 6.45) is 1.92. The van der Waals surface area contributed by atoms with Crippen LogP contribution in [0.3, 0.4) is 0 Å². The quantitative estimate of drug-likeness (QED) is 0.906. The fourth-order valence-corrected chi connectivity index (χ4v) is 2.83. The third-order valence-corrected chi connectivity index (χ3v) is 3.84. The Morgan fingerprint density at radius 3 is 2.73 bits per heavy atom. The molecule has 1 amide bonds. The molecule has 1 heterocycles. The summed E-state index contributed by atoms with van der Waals surface area (Å²) in [6, 6.07) is 10.6. The maximum Gasteiger partial charge on any atom is 0.407 e. The van der Waals surface area contributed by atoms with Crippen LogP contribution in [0.1, 0.15) is 39.2 Å². The molecule has 1 aliphatic heterocycles. The molecular weight excluding hydrogens is 276 g/mol. The van der Waals surface area contributed by atoms with E-state index in [1.165, 1.54) is 12.0 Å². The van der Waals surface area contributed by atoms with E-state index in [1.54, 1.807) is 0 Å². The molecular formula is C18H28N2O2. The minimum absolute atomic E-state index is 0.313. The van der Waals surface area contributed by atoms with Crippen LogP contribution in [0.5, 0.6) is 0 Å². The summed E-state index contributed by atoms with van der Waals surface area (Å²) in [5.41, 5.74) is 0.944. The van der Waals surface area contributed by atoms with Gasteiger partial charge in [0.05, 0.1) is 0 Å². The lowest BCUT2D eigenvalue weighted by Gasteiger charge is -2.20. The maximum absolute atomic E-state index is 11.6. The van der Waals surface area contributed by atoms with Crippen LogP contribution < -0.4 is 5.32 Å². The van der Waals surface area contributed by atoms with Crippen LogP contribution in [-0.4, -0.2) is 36.2 Å². The zero-order valence-electron chi connectivity index (χ0n) is 14.0. The maximum atomic E-state index is 11.6. The van der Waals surface area contributed by atoms with Crippen molar-refractivity contribution < 1.29 is 9.53 Å². The van der Waals surface area contributed by atoms with Crippen molar-refractivity contribution in [2.45, 2.75) is 45.8 Å². The summed E-state index contributed by atoms with van der Waals surface area (Å²) in [7, 11) is 0. The largest absolute Gasteiger partial charge is 0.444 e. The minimum atomic E-state index is -0.427. The van der Waals surface area contributed by atoms with Gasteiger partial charge >= 0.3 is 6.09 Å². The monoisotopic (exact) mass is 304 g/mol. The van der Waals surface area contributed by atoms with Gasteiger partial charge in [-0.3, -0.25) is 4.90 Å². The van der Waals surface area contributed by atoms with E-state index in [9.17, 15) is 4.79 Å². The van der Waals surface area contributed by atoms with Gasteiger partial charge in [0.1, 0.15) is 5.60 Å². The molecule has 4 heteroatoms. The zero-order chi connectivity index (χ0) is 16.0. The molecule has 22 heavy (non-hydrogen) atoms. The number of likely N-dealkylation sites (tertiary alicyclic amines) is 1. The molecule has 1 aromatic carbocycles. The Bertz CT molecular complexity index is 468. The van der Waals surface area contributed by atoms with Gasteiger partial charge in [0, 0.05) is 19.6 Å². The van der Waals surface area contributed by atoms with Crippen LogP contribution >= 0.6 is 0 Å². The van der Waals surface area contributed by atoms with E-state index in [1.807, 2.05) is 20.8 Å². The molecule has 1 N–H and O–H groups in total.